The molecule has 0 spiro atoms. The zero-order chi connectivity index (χ0) is 20.1. The van der Waals surface area contributed by atoms with Crippen molar-refractivity contribution in [1.82, 2.24) is 29.5 Å². The fourth-order valence-corrected chi connectivity index (χ4v) is 4.40. The van der Waals surface area contributed by atoms with Gasteiger partial charge in [-0.3, -0.25) is 18.9 Å². The van der Waals surface area contributed by atoms with Gasteiger partial charge in [-0.25, -0.2) is 9.97 Å². The minimum Gasteiger partial charge on any atom is -0.356 e. The Morgan fingerprint density at radius 1 is 1.07 bits per heavy atom. The predicted molar refractivity (Wildman–Crippen MR) is 110 cm³/mol. The maximum Gasteiger partial charge on any atom is 0.274 e. The Balaban J connectivity index is 1.46. The molecule has 2 fully saturated rings. The van der Waals surface area contributed by atoms with Crippen molar-refractivity contribution in [2.75, 3.05) is 32.7 Å². The molecule has 2 aromatic heterocycles. The van der Waals surface area contributed by atoms with Crippen LogP contribution < -0.4 is 5.32 Å². The third-order valence-corrected chi connectivity index (χ3v) is 5.96. The van der Waals surface area contributed by atoms with Gasteiger partial charge in [0.2, 0.25) is 11.7 Å². The number of hydrogen-bond donors (Lipinski definition) is 1. The highest BCUT2D eigenvalue weighted by molar-refractivity contribution is 5.92. The molecular weight excluding hydrogens is 368 g/mol. The van der Waals surface area contributed by atoms with Gasteiger partial charge in [0, 0.05) is 57.2 Å². The molecular formula is C21H30N6O2. The zero-order valence-corrected chi connectivity index (χ0v) is 16.9. The van der Waals surface area contributed by atoms with Crippen molar-refractivity contribution >= 4 is 17.6 Å². The smallest absolute Gasteiger partial charge is 0.274 e. The number of nitrogens with zero attached hydrogens (tertiary/aromatic N) is 5. The van der Waals surface area contributed by atoms with E-state index in [1.165, 1.54) is 12.8 Å². The SMILES string of the molecule is O=C1CC2CCCCN2CCCN(C(=O)c2cn3cccnc3n2)CCCCN1. The van der Waals surface area contributed by atoms with Gasteiger partial charge in [-0.2, -0.15) is 0 Å². The molecule has 1 N–H and O–H groups in total. The van der Waals surface area contributed by atoms with Gasteiger partial charge in [-0.05, 0) is 44.7 Å². The van der Waals surface area contributed by atoms with Gasteiger partial charge in [-0.15, -0.1) is 0 Å². The van der Waals surface area contributed by atoms with Crippen LogP contribution in [-0.4, -0.2) is 74.7 Å². The molecule has 1 atom stereocenters. The molecule has 1 unspecified atom stereocenters. The average Bonchev–Trinajstić information content (AvgIpc) is 3.17. The first-order valence-electron chi connectivity index (χ1n) is 10.8. The highest BCUT2D eigenvalue weighted by Crippen LogP contribution is 2.20. The first-order valence-corrected chi connectivity index (χ1v) is 10.8. The van der Waals surface area contributed by atoms with Crippen LogP contribution in [-0.2, 0) is 4.79 Å². The lowest BCUT2D eigenvalue weighted by Gasteiger charge is -2.35. The second-order valence-corrected chi connectivity index (χ2v) is 8.05. The minimum absolute atomic E-state index is 0.0374. The number of rotatable bonds is 1. The largest absolute Gasteiger partial charge is 0.356 e. The van der Waals surface area contributed by atoms with Gasteiger partial charge in [0.25, 0.3) is 5.91 Å². The number of hydrogen-bond acceptors (Lipinski definition) is 5. The average molecular weight is 399 g/mol. The summed E-state index contributed by atoms with van der Waals surface area (Å²) in [6, 6.07) is 2.16. The second-order valence-electron chi connectivity index (χ2n) is 8.05. The van der Waals surface area contributed by atoms with Crippen molar-refractivity contribution in [3.63, 3.8) is 0 Å². The van der Waals surface area contributed by atoms with E-state index in [-0.39, 0.29) is 11.8 Å². The van der Waals surface area contributed by atoms with Gasteiger partial charge in [0.15, 0.2) is 0 Å². The van der Waals surface area contributed by atoms with Crippen molar-refractivity contribution in [2.24, 2.45) is 0 Å². The van der Waals surface area contributed by atoms with E-state index >= 15 is 0 Å². The molecule has 4 heterocycles. The normalized spacial score (nSPS) is 22.8. The summed E-state index contributed by atoms with van der Waals surface area (Å²) in [5, 5.41) is 3.05. The third-order valence-electron chi connectivity index (χ3n) is 5.96. The summed E-state index contributed by atoms with van der Waals surface area (Å²) in [4.78, 5) is 38.4. The quantitative estimate of drug-likeness (QED) is 0.791. The third kappa shape index (κ3) is 4.93. The van der Waals surface area contributed by atoms with Crippen LogP contribution in [0, 0.1) is 0 Å². The molecule has 8 heteroatoms. The number of nitrogens with one attached hydrogen (secondary N) is 1. The van der Waals surface area contributed by atoms with E-state index < -0.39 is 0 Å². The fourth-order valence-electron chi connectivity index (χ4n) is 4.40. The molecule has 2 aromatic rings. The van der Waals surface area contributed by atoms with Crippen LogP contribution in [0.1, 0.15) is 55.4 Å². The van der Waals surface area contributed by atoms with Gasteiger partial charge >= 0.3 is 0 Å². The van der Waals surface area contributed by atoms with E-state index in [0.717, 1.165) is 38.8 Å². The van der Waals surface area contributed by atoms with Gasteiger partial charge < -0.3 is 10.2 Å². The molecule has 0 aliphatic carbocycles. The molecule has 156 valence electrons. The van der Waals surface area contributed by atoms with Gasteiger partial charge in [0.05, 0.1) is 0 Å². The Bertz CT molecular complexity index is 818. The molecule has 4 rings (SSSR count). The highest BCUT2D eigenvalue weighted by atomic mass is 16.2. The van der Waals surface area contributed by atoms with Crippen molar-refractivity contribution in [1.29, 1.82) is 0 Å². The van der Waals surface area contributed by atoms with E-state index in [1.54, 1.807) is 16.8 Å². The Labute approximate surface area is 171 Å². The second kappa shape index (κ2) is 9.35. The fraction of sp³-hybridized carbons (Fsp3) is 0.619. The van der Waals surface area contributed by atoms with Crippen LogP contribution in [0.3, 0.4) is 0 Å². The summed E-state index contributed by atoms with van der Waals surface area (Å²) < 4.78 is 1.78. The summed E-state index contributed by atoms with van der Waals surface area (Å²) in [6.07, 6.45) is 12.0. The summed E-state index contributed by atoms with van der Waals surface area (Å²) in [5.41, 5.74) is 0.442. The van der Waals surface area contributed by atoms with Crippen LogP contribution in [0.25, 0.3) is 5.78 Å². The molecule has 2 aliphatic rings. The summed E-state index contributed by atoms with van der Waals surface area (Å²) >= 11 is 0. The Morgan fingerprint density at radius 3 is 2.79 bits per heavy atom. The summed E-state index contributed by atoms with van der Waals surface area (Å²) in [6.45, 7) is 4.04. The molecule has 29 heavy (non-hydrogen) atoms. The molecule has 8 nitrogen and oxygen atoms in total. The predicted octanol–water partition coefficient (Wildman–Crippen LogP) is 1.72. The van der Waals surface area contributed by atoms with Crippen LogP contribution in [0.4, 0.5) is 0 Å². The van der Waals surface area contributed by atoms with Crippen LogP contribution in [0.15, 0.2) is 24.7 Å². The Morgan fingerprint density at radius 2 is 1.90 bits per heavy atom. The first-order chi connectivity index (χ1) is 14.2. The first kappa shape index (κ1) is 19.8. The number of carbonyl (C=O) groups excluding carboxylic acids is 2. The van der Waals surface area contributed by atoms with Crippen molar-refractivity contribution in [3.05, 3.63) is 30.4 Å². The maximum atomic E-state index is 13.1. The molecule has 0 radical (unpaired) electrons. The van der Waals surface area contributed by atoms with Gasteiger partial charge in [0.1, 0.15) is 5.69 Å². The molecule has 2 amide bonds. The van der Waals surface area contributed by atoms with E-state index in [1.807, 2.05) is 17.2 Å². The number of imidazole rings is 1. The highest BCUT2D eigenvalue weighted by Gasteiger charge is 2.25. The van der Waals surface area contributed by atoms with Gasteiger partial charge in [-0.1, -0.05) is 6.42 Å². The van der Waals surface area contributed by atoms with Crippen molar-refractivity contribution in [3.8, 4) is 0 Å². The number of aromatic nitrogens is 3. The van der Waals surface area contributed by atoms with E-state index in [0.29, 0.717) is 43.6 Å². The number of carbonyl (C=O) groups is 2. The summed E-state index contributed by atoms with van der Waals surface area (Å²) in [7, 11) is 0. The lowest BCUT2D eigenvalue weighted by Crippen LogP contribution is -2.44. The lowest BCUT2D eigenvalue weighted by molar-refractivity contribution is -0.122. The Kier molecular flexibility index (Phi) is 6.39. The monoisotopic (exact) mass is 398 g/mol. The topological polar surface area (TPSA) is 82.8 Å². The maximum absolute atomic E-state index is 13.1. The minimum atomic E-state index is -0.0374. The number of fused-ring (bicyclic) bond motifs is 2. The zero-order valence-electron chi connectivity index (χ0n) is 16.9. The molecule has 0 aromatic carbocycles. The lowest BCUT2D eigenvalue weighted by atomic mass is 9.98. The Hall–Kier alpha value is -2.48. The van der Waals surface area contributed by atoms with E-state index in [9.17, 15) is 9.59 Å². The van der Waals surface area contributed by atoms with Crippen LogP contribution in [0.2, 0.25) is 0 Å². The standard InChI is InChI=1S/C21H30N6O2/c28-19-15-17-7-1-3-10-25(17)13-6-14-26(11-4-2-8-22-19)20(29)18-16-27-12-5-9-23-21(27)24-18/h5,9,12,16-17H,1-4,6-8,10-11,13-15H2,(H,22,28). The summed E-state index contributed by atoms with van der Waals surface area (Å²) in [5.74, 6) is 0.663. The molecule has 0 bridgehead atoms. The van der Waals surface area contributed by atoms with Crippen molar-refractivity contribution < 1.29 is 9.59 Å². The van der Waals surface area contributed by atoms with E-state index in [2.05, 4.69) is 20.2 Å². The number of piperidine rings is 1. The molecule has 2 aliphatic heterocycles. The van der Waals surface area contributed by atoms with E-state index in [4.69, 9.17) is 0 Å². The van der Waals surface area contributed by atoms with Crippen molar-refractivity contribution in [2.45, 2.75) is 51.0 Å². The molecule has 0 saturated carbocycles. The van der Waals surface area contributed by atoms with Crippen LogP contribution >= 0.6 is 0 Å². The number of amides is 2. The molecule has 2 saturated heterocycles. The van der Waals surface area contributed by atoms with Crippen LogP contribution in [0.5, 0.6) is 0 Å².